The van der Waals surface area contributed by atoms with Gasteiger partial charge in [-0.1, -0.05) is 54.6 Å². The summed E-state index contributed by atoms with van der Waals surface area (Å²) in [6.07, 6.45) is 3.60. The van der Waals surface area contributed by atoms with Crippen LogP contribution in [0.3, 0.4) is 0 Å². The number of hydrogen-bond donors (Lipinski definition) is 0. The van der Waals surface area contributed by atoms with Crippen molar-refractivity contribution in [3.8, 4) is 22.3 Å². The molecule has 1 aliphatic rings. The monoisotopic (exact) mass is 414 g/mol. The van der Waals surface area contributed by atoms with Crippen LogP contribution in [0.15, 0.2) is 91.3 Å². The molecule has 0 saturated carbocycles. The third-order valence-electron chi connectivity index (χ3n) is 6.32. The largest absolute Gasteiger partial charge is 0.277 e. The lowest BCUT2D eigenvalue weighted by Crippen LogP contribution is -2.36. The molecule has 0 spiro atoms. The summed E-state index contributed by atoms with van der Waals surface area (Å²) >= 11 is 0. The van der Waals surface area contributed by atoms with E-state index in [-0.39, 0.29) is 11.8 Å². The predicted molar refractivity (Wildman–Crippen MR) is 127 cm³/mol. The van der Waals surface area contributed by atoms with Crippen LogP contribution >= 0.6 is 0 Å². The van der Waals surface area contributed by atoms with E-state index in [0.717, 1.165) is 43.8 Å². The maximum Gasteiger partial charge on any atom is 0.261 e. The number of nitrogens with zero attached hydrogens (tertiary/aromatic N) is 2. The Bertz CT molecular complexity index is 1550. The molecule has 32 heavy (non-hydrogen) atoms. The van der Waals surface area contributed by atoms with Crippen LogP contribution in [-0.2, 0) is 0 Å². The van der Waals surface area contributed by atoms with E-state index in [2.05, 4.69) is 29.2 Å². The van der Waals surface area contributed by atoms with Crippen LogP contribution in [0.25, 0.3) is 43.8 Å². The zero-order valence-electron chi connectivity index (χ0n) is 17.4. The maximum absolute atomic E-state index is 12.8. The van der Waals surface area contributed by atoms with Gasteiger partial charge in [-0.25, -0.2) is 0 Å². The third kappa shape index (κ3) is 2.53. The topological polar surface area (TPSA) is 50.3 Å². The SMILES string of the molecule is CN1C(=O)c2cccc3c(-c4ccc(-c5ccncc5)c5ccccc45)ccc(c23)C1=O. The highest BCUT2D eigenvalue weighted by Crippen LogP contribution is 2.40. The van der Waals surface area contributed by atoms with Crippen molar-refractivity contribution in [1.82, 2.24) is 9.88 Å². The number of amides is 2. The Balaban J connectivity index is 1.67. The highest BCUT2D eigenvalue weighted by Gasteiger charge is 2.30. The fraction of sp³-hybridized carbons (Fsp3) is 0.0357. The molecule has 5 aromatic rings. The predicted octanol–water partition coefficient (Wildman–Crippen LogP) is 5.95. The summed E-state index contributed by atoms with van der Waals surface area (Å²) in [4.78, 5) is 30.9. The van der Waals surface area contributed by atoms with E-state index >= 15 is 0 Å². The molecule has 0 N–H and O–H groups in total. The van der Waals surface area contributed by atoms with Gasteiger partial charge in [0.05, 0.1) is 0 Å². The van der Waals surface area contributed by atoms with Gasteiger partial charge in [-0.3, -0.25) is 19.5 Å². The van der Waals surface area contributed by atoms with E-state index in [1.807, 2.05) is 48.5 Å². The summed E-state index contributed by atoms with van der Waals surface area (Å²) < 4.78 is 0. The normalized spacial score (nSPS) is 13.2. The van der Waals surface area contributed by atoms with E-state index in [1.54, 1.807) is 18.5 Å². The zero-order valence-corrected chi connectivity index (χ0v) is 17.4. The van der Waals surface area contributed by atoms with Gasteiger partial charge in [0.25, 0.3) is 11.8 Å². The van der Waals surface area contributed by atoms with Crippen molar-refractivity contribution in [3.63, 3.8) is 0 Å². The summed E-state index contributed by atoms with van der Waals surface area (Å²) in [7, 11) is 1.53. The molecule has 6 rings (SSSR count). The summed E-state index contributed by atoms with van der Waals surface area (Å²) in [6, 6.07) is 26.1. The van der Waals surface area contributed by atoms with Crippen molar-refractivity contribution >= 4 is 33.4 Å². The second-order valence-electron chi connectivity index (χ2n) is 8.00. The molecule has 2 heterocycles. The molecular formula is C28H18N2O2. The molecule has 1 aliphatic heterocycles. The number of imide groups is 1. The molecule has 4 heteroatoms. The summed E-state index contributed by atoms with van der Waals surface area (Å²) in [6.45, 7) is 0. The lowest BCUT2D eigenvalue weighted by atomic mass is 9.86. The Morgan fingerprint density at radius 3 is 1.81 bits per heavy atom. The Morgan fingerprint density at radius 1 is 0.562 bits per heavy atom. The Labute approximate surface area is 184 Å². The summed E-state index contributed by atoms with van der Waals surface area (Å²) in [5.41, 5.74) is 5.47. The van der Waals surface area contributed by atoms with Gasteiger partial charge in [0, 0.05) is 36.0 Å². The van der Waals surface area contributed by atoms with Gasteiger partial charge in [0.2, 0.25) is 0 Å². The number of hydrogen-bond acceptors (Lipinski definition) is 3. The minimum atomic E-state index is -0.261. The van der Waals surface area contributed by atoms with Gasteiger partial charge in [-0.05, 0) is 62.7 Å². The first-order chi connectivity index (χ1) is 15.6. The molecule has 0 saturated heterocycles. The van der Waals surface area contributed by atoms with Crippen molar-refractivity contribution in [1.29, 1.82) is 0 Å². The van der Waals surface area contributed by atoms with Crippen molar-refractivity contribution in [3.05, 3.63) is 102 Å². The number of pyridine rings is 1. The molecule has 0 atom stereocenters. The molecule has 0 radical (unpaired) electrons. The number of carbonyl (C=O) groups excluding carboxylic acids is 2. The van der Waals surface area contributed by atoms with E-state index in [1.165, 1.54) is 11.9 Å². The van der Waals surface area contributed by atoms with E-state index in [4.69, 9.17) is 0 Å². The van der Waals surface area contributed by atoms with Crippen molar-refractivity contribution in [2.24, 2.45) is 0 Å². The minimum Gasteiger partial charge on any atom is -0.277 e. The van der Waals surface area contributed by atoms with Crippen LogP contribution in [0.4, 0.5) is 0 Å². The standard InChI is InChI=1S/C28H18N2O2/c1-30-27(31)24-8-4-7-23-22(11-12-25(26(23)24)28(30)32)21-10-9-18(17-13-15-29-16-14-17)19-5-2-3-6-20(19)21/h2-16H,1H3. The van der Waals surface area contributed by atoms with Gasteiger partial charge >= 0.3 is 0 Å². The molecule has 0 fully saturated rings. The molecule has 4 nitrogen and oxygen atoms in total. The summed E-state index contributed by atoms with van der Waals surface area (Å²) in [5.74, 6) is -0.522. The molecule has 4 aromatic carbocycles. The number of carbonyl (C=O) groups is 2. The van der Waals surface area contributed by atoms with Crippen LogP contribution in [0.1, 0.15) is 20.7 Å². The van der Waals surface area contributed by atoms with E-state index < -0.39 is 0 Å². The van der Waals surface area contributed by atoms with Gasteiger partial charge in [-0.15, -0.1) is 0 Å². The average Bonchev–Trinajstić information content (AvgIpc) is 2.85. The molecule has 1 aromatic heterocycles. The van der Waals surface area contributed by atoms with Crippen LogP contribution < -0.4 is 0 Å². The van der Waals surface area contributed by atoms with Gasteiger partial charge in [-0.2, -0.15) is 0 Å². The number of fused-ring (bicyclic) bond motifs is 1. The maximum atomic E-state index is 12.8. The Morgan fingerprint density at radius 2 is 1.09 bits per heavy atom. The van der Waals surface area contributed by atoms with E-state index in [9.17, 15) is 9.59 Å². The molecule has 0 bridgehead atoms. The third-order valence-corrected chi connectivity index (χ3v) is 6.32. The number of rotatable bonds is 2. The first-order valence-corrected chi connectivity index (χ1v) is 10.5. The number of benzene rings is 4. The quantitative estimate of drug-likeness (QED) is 0.336. The second kappa shape index (κ2) is 6.86. The molecule has 0 unspecified atom stereocenters. The van der Waals surface area contributed by atoms with Gasteiger partial charge in [0.15, 0.2) is 0 Å². The van der Waals surface area contributed by atoms with Gasteiger partial charge < -0.3 is 0 Å². The molecular weight excluding hydrogens is 396 g/mol. The fourth-order valence-corrected chi connectivity index (χ4v) is 4.77. The van der Waals surface area contributed by atoms with Crippen LogP contribution in [-0.4, -0.2) is 28.7 Å². The lowest BCUT2D eigenvalue weighted by molar-refractivity contribution is 0.0650. The minimum absolute atomic E-state index is 0.261. The first-order valence-electron chi connectivity index (χ1n) is 10.5. The van der Waals surface area contributed by atoms with Crippen molar-refractivity contribution < 1.29 is 9.59 Å². The van der Waals surface area contributed by atoms with Crippen LogP contribution in [0.5, 0.6) is 0 Å². The lowest BCUT2D eigenvalue weighted by Gasteiger charge is -2.25. The Kier molecular flexibility index (Phi) is 3.95. The molecule has 0 aliphatic carbocycles. The smallest absolute Gasteiger partial charge is 0.261 e. The highest BCUT2D eigenvalue weighted by atomic mass is 16.2. The van der Waals surface area contributed by atoms with Crippen LogP contribution in [0.2, 0.25) is 0 Å². The molecule has 152 valence electrons. The summed E-state index contributed by atoms with van der Waals surface area (Å²) in [5, 5.41) is 3.91. The number of aromatic nitrogens is 1. The van der Waals surface area contributed by atoms with Crippen LogP contribution in [0, 0.1) is 0 Å². The van der Waals surface area contributed by atoms with Crippen molar-refractivity contribution in [2.75, 3.05) is 7.05 Å². The van der Waals surface area contributed by atoms with Crippen molar-refractivity contribution in [2.45, 2.75) is 0 Å². The van der Waals surface area contributed by atoms with E-state index in [0.29, 0.717) is 11.1 Å². The highest BCUT2D eigenvalue weighted by molar-refractivity contribution is 6.27. The second-order valence-corrected chi connectivity index (χ2v) is 8.00. The first kappa shape index (κ1) is 18.5. The average molecular weight is 414 g/mol. The Hall–Kier alpha value is -4.31. The fourth-order valence-electron chi connectivity index (χ4n) is 4.77. The van der Waals surface area contributed by atoms with Gasteiger partial charge in [0.1, 0.15) is 0 Å². The zero-order chi connectivity index (χ0) is 21.8. The molecule has 2 amide bonds.